The highest BCUT2D eigenvalue weighted by Crippen LogP contribution is 2.37. The third-order valence-electron chi connectivity index (χ3n) is 4.96. The van der Waals surface area contributed by atoms with Crippen LogP contribution in [0.5, 0.6) is 0 Å². The van der Waals surface area contributed by atoms with Gasteiger partial charge in [0.25, 0.3) is 0 Å². The van der Waals surface area contributed by atoms with Gasteiger partial charge in [0.2, 0.25) is 0 Å². The van der Waals surface area contributed by atoms with Gasteiger partial charge in [0.1, 0.15) is 11.9 Å². The van der Waals surface area contributed by atoms with Gasteiger partial charge in [-0.05, 0) is 31.5 Å². The Morgan fingerprint density at radius 1 is 1.19 bits per heavy atom. The summed E-state index contributed by atoms with van der Waals surface area (Å²) in [6.07, 6.45) is 1.71. The zero-order valence-electron chi connectivity index (χ0n) is 15.6. The van der Waals surface area contributed by atoms with Gasteiger partial charge in [-0.25, -0.2) is 9.37 Å². The predicted octanol–water partition coefficient (Wildman–Crippen LogP) is 4.64. The van der Waals surface area contributed by atoms with Crippen LogP contribution < -0.4 is 0 Å². The van der Waals surface area contributed by atoms with Gasteiger partial charge in [-0.2, -0.15) is 0 Å². The van der Waals surface area contributed by atoms with Crippen LogP contribution in [0.2, 0.25) is 0 Å². The maximum absolute atomic E-state index is 14.9. The van der Waals surface area contributed by atoms with Gasteiger partial charge < -0.3 is 14.0 Å². The van der Waals surface area contributed by atoms with E-state index in [0.29, 0.717) is 25.4 Å². The molecule has 4 rings (SSSR count). The molecule has 0 bridgehead atoms. The minimum Gasteiger partial charge on any atom is -0.376 e. The summed E-state index contributed by atoms with van der Waals surface area (Å²) in [4.78, 5) is 4.65. The molecular formula is C22H23FN2O2. The molecule has 2 heterocycles. The first-order valence-corrected chi connectivity index (χ1v) is 9.27. The third-order valence-corrected chi connectivity index (χ3v) is 4.96. The van der Waals surface area contributed by atoms with Gasteiger partial charge in [0, 0.05) is 17.7 Å². The van der Waals surface area contributed by atoms with Crippen LogP contribution in [0.25, 0.3) is 22.5 Å². The summed E-state index contributed by atoms with van der Waals surface area (Å²) in [5.74, 6) is -0.249. The number of benzene rings is 2. The highest BCUT2D eigenvalue weighted by atomic mass is 19.1. The van der Waals surface area contributed by atoms with Crippen LogP contribution in [-0.4, -0.2) is 35.5 Å². The molecular weight excluding hydrogens is 343 g/mol. The number of rotatable bonds is 5. The molecule has 140 valence electrons. The fraction of sp³-hybridized carbons (Fsp3) is 0.318. The van der Waals surface area contributed by atoms with Crippen LogP contribution in [0.1, 0.15) is 18.5 Å². The molecule has 0 amide bonds. The molecule has 0 spiro atoms. The Balaban J connectivity index is 1.89. The normalized spacial score (nSPS) is 19.5. The molecule has 1 saturated heterocycles. The first kappa shape index (κ1) is 17.9. The Morgan fingerprint density at radius 3 is 2.74 bits per heavy atom. The number of nitrogens with zero attached hydrogens (tertiary/aromatic N) is 2. The van der Waals surface area contributed by atoms with Crippen LogP contribution >= 0.6 is 0 Å². The fourth-order valence-corrected chi connectivity index (χ4v) is 3.65. The number of imidazole rings is 1. The minimum atomic E-state index is -0.249. The van der Waals surface area contributed by atoms with E-state index >= 15 is 0 Å². The lowest BCUT2D eigenvalue weighted by Gasteiger charge is -2.22. The van der Waals surface area contributed by atoms with E-state index in [4.69, 9.17) is 9.47 Å². The standard InChI is InChI=1S/C22H23FN2O2/c1-3-27-20-13-26-12-19(20)25-14-24-21(16-7-5-4-6-8-16)22(25)17-10-9-15(2)11-18(17)23/h4-11,14,19-20H,3,12-13H2,1-2H3/t19-,20-/m1/s1. The largest absolute Gasteiger partial charge is 0.376 e. The molecule has 3 aromatic rings. The van der Waals surface area contributed by atoms with Crippen molar-refractivity contribution in [2.45, 2.75) is 26.0 Å². The summed E-state index contributed by atoms with van der Waals surface area (Å²) in [6.45, 7) is 5.53. The smallest absolute Gasteiger partial charge is 0.132 e. The summed E-state index contributed by atoms with van der Waals surface area (Å²) in [5.41, 5.74) is 3.91. The molecule has 1 aromatic heterocycles. The maximum Gasteiger partial charge on any atom is 0.132 e. The van der Waals surface area contributed by atoms with Gasteiger partial charge in [0.15, 0.2) is 0 Å². The van der Waals surface area contributed by atoms with E-state index in [-0.39, 0.29) is 18.0 Å². The lowest BCUT2D eigenvalue weighted by atomic mass is 10.0. The fourth-order valence-electron chi connectivity index (χ4n) is 3.65. The summed E-state index contributed by atoms with van der Waals surface area (Å²) in [6, 6.07) is 15.2. The van der Waals surface area contributed by atoms with E-state index in [1.54, 1.807) is 12.4 Å². The average molecular weight is 366 g/mol. The van der Waals surface area contributed by atoms with Crippen LogP contribution in [0.4, 0.5) is 4.39 Å². The second-order valence-corrected chi connectivity index (χ2v) is 6.80. The lowest BCUT2D eigenvalue weighted by Crippen LogP contribution is -2.25. The van der Waals surface area contributed by atoms with Crippen LogP contribution in [0, 0.1) is 12.7 Å². The molecule has 0 saturated carbocycles. The predicted molar refractivity (Wildman–Crippen MR) is 103 cm³/mol. The molecule has 5 heteroatoms. The van der Waals surface area contributed by atoms with Gasteiger partial charge in [-0.3, -0.25) is 0 Å². The van der Waals surface area contributed by atoms with Crippen molar-refractivity contribution >= 4 is 0 Å². The number of halogens is 1. The topological polar surface area (TPSA) is 36.3 Å². The average Bonchev–Trinajstić information content (AvgIpc) is 3.29. The van der Waals surface area contributed by atoms with E-state index in [2.05, 4.69) is 4.98 Å². The highest BCUT2D eigenvalue weighted by Gasteiger charge is 2.33. The molecule has 2 aromatic carbocycles. The highest BCUT2D eigenvalue weighted by molar-refractivity contribution is 5.79. The number of ether oxygens (including phenoxy) is 2. The molecule has 0 unspecified atom stereocenters. The van der Waals surface area contributed by atoms with Crippen LogP contribution in [0.3, 0.4) is 0 Å². The van der Waals surface area contributed by atoms with E-state index in [1.807, 2.05) is 60.9 Å². The zero-order chi connectivity index (χ0) is 18.8. The molecule has 2 atom stereocenters. The second kappa shape index (κ2) is 7.62. The summed E-state index contributed by atoms with van der Waals surface area (Å²) in [5, 5.41) is 0. The quantitative estimate of drug-likeness (QED) is 0.660. The maximum atomic E-state index is 14.9. The van der Waals surface area contributed by atoms with Gasteiger partial charge in [0.05, 0.1) is 37.0 Å². The summed E-state index contributed by atoms with van der Waals surface area (Å²) < 4.78 is 28.5. The Hall–Kier alpha value is -2.50. The van der Waals surface area contributed by atoms with Crippen LogP contribution in [-0.2, 0) is 9.47 Å². The van der Waals surface area contributed by atoms with Crippen molar-refractivity contribution in [1.82, 2.24) is 9.55 Å². The number of hydrogen-bond acceptors (Lipinski definition) is 3. The molecule has 4 nitrogen and oxygen atoms in total. The molecule has 1 aliphatic rings. The number of hydrogen-bond donors (Lipinski definition) is 0. The Bertz CT molecular complexity index is 923. The Morgan fingerprint density at radius 2 is 2.00 bits per heavy atom. The molecule has 0 radical (unpaired) electrons. The van der Waals surface area contributed by atoms with E-state index < -0.39 is 0 Å². The van der Waals surface area contributed by atoms with Gasteiger partial charge >= 0.3 is 0 Å². The van der Waals surface area contributed by atoms with E-state index in [0.717, 1.165) is 22.5 Å². The number of aryl methyl sites for hydroxylation is 1. The minimum absolute atomic E-state index is 0.0365. The van der Waals surface area contributed by atoms with Crippen molar-refractivity contribution in [3.05, 3.63) is 66.2 Å². The second-order valence-electron chi connectivity index (χ2n) is 6.80. The van der Waals surface area contributed by atoms with Crippen molar-refractivity contribution in [2.75, 3.05) is 19.8 Å². The van der Waals surface area contributed by atoms with Crippen molar-refractivity contribution in [3.8, 4) is 22.5 Å². The molecule has 1 aliphatic heterocycles. The summed E-state index contributed by atoms with van der Waals surface area (Å²) >= 11 is 0. The number of aromatic nitrogens is 2. The van der Waals surface area contributed by atoms with Crippen molar-refractivity contribution in [3.63, 3.8) is 0 Å². The zero-order valence-corrected chi connectivity index (χ0v) is 15.6. The molecule has 0 N–H and O–H groups in total. The first-order chi connectivity index (χ1) is 13.2. The molecule has 27 heavy (non-hydrogen) atoms. The summed E-state index contributed by atoms with van der Waals surface area (Å²) in [7, 11) is 0. The van der Waals surface area contributed by atoms with Crippen molar-refractivity contribution < 1.29 is 13.9 Å². The third kappa shape index (κ3) is 3.40. The van der Waals surface area contributed by atoms with E-state index in [1.165, 1.54) is 0 Å². The Kier molecular flexibility index (Phi) is 5.05. The van der Waals surface area contributed by atoms with E-state index in [9.17, 15) is 4.39 Å². The van der Waals surface area contributed by atoms with Gasteiger partial charge in [-0.1, -0.05) is 36.4 Å². The SMILES string of the molecule is CCO[C@@H]1COC[C@H]1n1cnc(-c2ccccc2)c1-c1ccc(C)cc1F. The van der Waals surface area contributed by atoms with Crippen LogP contribution in [0.15, 0.2) is 54.9 Å². The molecule has 0 aliphatic carbocycles. The van der Waals surface area contributed by atoms with Crippen molar-refractivity contribution in [1.29, 1.82) is 0 Å². The van der Waals surface area contributed by atoms with Gasteiger partial charge in [-0.15, -0.1) is 0 Å². The lowest BCUT2D eigenvalue weighted by molar-refractivity contribution is 0.0364. The first-order valence-electron chi connectivity index (χ1n) is 9.27. The van der Waals surface area contributed by atoms with Crippen molar-refractivity contribution in [2.24, 2.45) is 0 Å². The Labute approximate surface area is 158 Å². The monoisotopic (exact) mass is 366 g/mol. The molecule has 1 fully saturated rings.